The maximum absolute atomic E-state index is 12.2. The molecule has 2 aromatic rings. The SMILES string of the molecule is COCC(N)C(=O)NC1CCOc2c(-c3ccccc3)cccc21.Cl. The summed E-state index contributed by atoms with van der Waals surface area (Å²) in [5, 5.41) is 3.01. The minimum atomic E-state index is -0.668. The van der Waals surface area contributed by atoms with E-state index in [0.717, 1.165) is 28.9 Å². The van der Waals surface area contributed by atoms with Crippen LogP contribution < -0.4 is 15.8 Å². The zero-order valence-corrected chi connectivity index (χ0v) is 14.9. The standard InChI is InChI=1S/C19H22N2O3.ClH/c1-23-12-16(20)19(22)21-17-10-11-24-18-14(8-5-9-15(17)18)13-6-3-2-4-7-13;/h2-9,16-17H,10-12,20H2,1H3,(H,21,22);1H. The van der Waals surface area contributed by atoms with Crippen molar-refractivity contribution in [1.82, 2.24) is 5.32 Å². The van der Waals surface area contributed by atoms with Crippen LogP contribution in [0, 0.1) is 0 Å². The first kappa shape index (κ1) is 19.2. The number of ether oxygens (including phenoxy) is 2. The van der Waals surface area contributed by atoms with E-state index in [-0.39, 0.29) is 31.0 Å². The molecule has 0 saturated carbocycles. The molecule has 2 unspecified atom stereocenters. The van der Waals surface area contributed by atoms with E-state index in [2.05, 4.69) is 17.4 Å². The number of halogens is 1. The van der Waals surface area contributed by atoms with Crippen LogP contribution in [0.4, 0.5) is 0 Å². The first-order valence-corrected chi connectivity index (χ1v) is 8.06. The van der Waals surface area contributed by atoms with Gasteiger partial charge in [0.05, 0.1) is 19.3 Å². The molecule has 3 rings (SSSR count). The Morgan fingerprint density at radius 1 is 1.28 bits per heavy atom. The smallest absolute Gasteiger partial charge is 0.239 e. The number of hydrogen-bond donors (Lipinski definition) is 2. The Hall–Kier alpha value is -2.08. The number of rotatable bonds is 5. The van der Waals surface area contributed by atoms with Gasteiger partial charge in [-0.15, -0.1) is 12.4 Å². The molecule has 1 amide bonds. The van der Waals surface area contributed by atoms with E-state index in [1.54, 1.807) is 0 Å². The number of hydrogen-bond acceptors (Lipinski definition) is 4. The summed E-state index contributed by atoms with van der Waals surface area (Å²) in [6.07, 6.45) is 0.719. The summed E-state index contributed by atoms with van der Waals surface area (Å²) in [4.78, 5) is 12.2. The number of benzene rings is 2. The predicted molar refractivity (Wildman–Crippen MR) is 100.0 cm³/mol. The molecule has 134 valence electrons. The van der Waals surface area contributed by atoms with E-state index in [4.69, 9.17) is 15.2 Å². The highest BCUT2D eigenvalue weighted by Gasteiger charge is 2.26. The summed E-state index contributed by atoms with van der Waals surface area (Å²) < 4.78 is 10.9. The van der Waals surface area contributed by atoms with Crippen LogP contribution in [0.3, 0.4) is 0 Å². The first-order chi connectivity index (χ1) is 11.7. The average Bonchev–Trinajstić information content (AvgIpc) is 2.62. The van der Waals surface area contributed by atoms with Crippen molar-refractivity contribution in [1.29, 1.82) is 0 Å². The van der Waals surface area contributed by atoms with Crippen molar-refractivity contribution < 1.29 is 14.3 Å². The van der Waals surface area contributed by atoms with Crippen LogP contribution in [0.1, 0.15) is 18.0 Å². The van der Waals surface area contributed by atoms with Crippen molar-refractivity contribution in [3.05, 3.63) is 54.1 Å². The Morgan fingerprint density at radius 3 is 2.76 bits per heavy atom. The second kappa shape index (κ2) is 8.85. The fourth-order valence-corrected chi connectivity index (χ4v) is 2.95. The third-order valence-electron chi connectivity index (χ3n) is 4.16. The minimum Gasteiger partial charge on any atom is -0.492 e. The highest BCUT2D eigenvalue weighted by molar-refractivity contribution is 5.85. The number of para-hydroxylation sites is 1. The number of fused-ring (bicyclic) bond motifs is 1. The van der Waals surface area contributed by atoms with Gasteiger partial charge in [-0.2, -0.15) is 0 Å². The normalized spacial score (nSPS) is 16.8. The molecule has 1 aliphatic heterocycles. The molecule has 0 spiro atoms. The molecule has 2 aromatic carbocycles. The number of methoxy groups -OCH3 is 1. The van der Waals surface area contributed by atoms with Crippen LogP contribution in [0.25, 0.3) is 11.1 Å². The van der Waals surface area contributed by atoms with Gasteiger partial charge in [0.2, 0.25) is 5.91 Å². The van der Waals surface area contributed by atoms with E-state index in [1.807, 2.05) is 36.4 Å². The number of carbonyl (C=O) groups is 1. The zero-order chi connectivity index (χ0) is 16.9. The van der Waals surface area contributed by atoms with Crippen LogP contribution in [-0.2, 0) is 9.53 Å². The number of carbonyl (C=O) groups excluding carboxylic acids is 1. The molecular weight excluding hydrogens is 340 g/mol. The van der Waals surface area contributed by atoms with E-state index >= 15 is 0 Å². The highest BCUT2D eigenvalue weighted by atomic mass is 35.5. The van der Waals surface area contributed by atoms with Gasteiger partial charge in [-0.25, -0.2) is 0 Å². The van der Waals surface area contributed by atoms with Gasteiger partial charge in [0.25, 0.3) is 0 Å². The average molecular weight is 363 g/mol. The molecule has 5 nitrogen and oxygen atoms in total. The van der Waals surface area contributed by atoms with E-state index in [1.165, 1.54) is 7.11 Å². The molecular formula is C19H23ClN2O3. The number of nitrogens with two attached hydrogens (primary N) is 1. The molecule has 3 N–H and O–H groups in total. The molecule has 2 atom stereocenters. The summed E-state index contributed by atoms with van der Waals surface area (Å²) in [5.74, 6) is 0.625. The molecule has 0 fully saturated rings. The molecule has 25 heavy (non-hydrogen) atoms. The van der Waals surface area contributed by atoms with Gasteiger partial charge < -0.3 is 20.5 Å². The van der Waals surface area contributed by atoms with Crippen molar-refractivity contribution in [2.24, 2.45) is 5.73 Å². The molecule has 0 saturated heterocycles. The summed E-state index contributed by atoms with van der Waals surface area (Å²) in [6.45, 7) is 0.757. The maximum Gasteiger partial charge on any atom is 0.239 e. The van der Waals surface area contributed by atoms with Crippen LogP contribution in [-0.4, -0.2) is 32.3 Å². The Bertz CT molecular complexity index is 709. The van der Waals surface area contributed by atoms with Gasteiger partial charge in [0, 0.05) is 24.7 Å². The lowest BCUT2D eigenvalue weighted by Gasteiger charge is -2.29. The van der Waals surface area contributed by atoms with Crippen molar-refractivity contribution in [2.75, 3.05) is 20.3 Å². The Kier molecular flexibility index (Phi) is 6.82. The lowest BCUT2D eigenvalue weighted by molar-refractivity contribution is -0.124. The Labute approximate surface area is 153 Å². The van der Waals surface area contributed by atoms with Crippen LogP contribution in [0.15, 0.2) is 48.5 Å². The number of nitrogens with one attached hydrogen (secondary N) is 1. The fourth-order valence-electron chi connectivity index (χ4n) is 2.95. The number of amides is 1. The summed E-state index contributed by atoms with van der Waals surface area (Å²) >= 11 is 0. The molecule has 0 aliphatic carbocycles. The predicted octanol–water partition coefficient (Wildman–Crippen LogP) is 2.69. The molecule has 0 bridgehead atoms. The van der Waals surface area contributed by atoms with Gasteiger partial charge in [-0.05, 0) is 5.56 Å². The van der Waals surface area contributed by atoms with Gasteiger partial charge in [-0.1, -0.05) is 48.5 Å². The molecule has 0 radical (unpaired) electrons. The van der Waals surface area contributed by atoms with E-state index in [0.29, 0.717) is 6.61 Å². The lowest BCUT2D eigenvalue weighted by atomic mass is 9.94. The quantitative estimate of drug-likeness (QED) is 0.857. The van der Waals surface area contributed by atoms with Gasteiger partial charge in [-0.3, -0.25) is 4.79 Å². The minimum absolute atomic E-state index is 0. The fraction of sp³-hybridized carbons (Fsp3) is 0.316. The van der Waals surface area contributed by atoms with Crippen LogP contribution in [0.2, 0.25) is 0 Å². The van der Waals surface area contributed by atoms with Crippen molar-refractivity contribution in [3.8, 4) is 16.9 Å². The second-order valence-corrected chi connectivity index (χ2v) is 5.85. The van der Waals surface area contributed by atoms with Crippen molar-refractivity contribution >= 4 is 18.3 Å². The van der Waals surface area contributed by atoms with Crippen molar-refractivity contribution in [3.63, 3.8) is 0 Å². The molecule has 1 aliphatic rings. The third kappa shape index (κ3) is 4.31. The second-order valence-electron chi connectivity index (χ2n) is 5.85. The summed E-state index contributed by atoms with van der Waals surface area (Å²) in [7, 11) is 1.53. The van der Waals surface area contributed by atoms with E-state index in [9.17, 15) is 4.79 Å². The molecule has 1 heterocycles. The molecule has 0 aromatic heterocycles. The Balaban J connectivity index is 0.00000225. The van der Waals surface area contributed by atoms with Gasteiger partial charge in [0.1, 0.15) is 11.8 Å². The molecule has 6 heteroatoms. The first-order valence-electron chi connectivity index (χ1n) is 8.06. The lowest BCUT2D eigenvalue weighted by Crippen LogP contribution is -2.45. The topological polar surface area (TPSA) is 73.6 Å². The van der Waals surface area contributed by atoms with Crippen molar-refractivity contribution in [2.45, 2.75) is 18.5 Å². The van der Waals surface area contributed by atoms with Gasteiger partial charge in [0.15, 0.2) is 0 Å². The Morgan fingerprint density at radius 2 is 2.04 bits per heavy atom. The van der Waals surface area contributed by atoms with Crippen LogP contribution >= 0.6 is 12.4 Å². The maximum atomic E-state index is 12.2. The van der Waals surface area contributed by atoms with Crippen LogP contribution in [0.5, 0.6) is 5.75 Å². The van der Waals surface area contributed by atoms with E-state index < -0.39 is 6.04 Å². The summed E-state index contributed by atoms with van der Waals surface area (Å²) in [6, 6.07) is 15.3. The highest BCUT2D eigenvalue weighted by Crippen LogP contribution is 2.39. The summed E-state index contributed by atoms with van der Waals surface area (Å²) in [5.41, 5.74) is 8.93. The van der Waals surface area contributed by atoms with Gasteiger partial charge >= 0.3 is 0 Å². The largest absolute Gasteiger partial charge is 0.492 e. The third-order valence-corrected chi connectivity index (χ3v) is 4.16. The monoisotopic (exact) mass is 362 g/mol. The zero-order valence-electron chi connectivity index (χ0n) is 14.1.